The molecule has 0 amide bonds. The minimum absolute atomic E-state index is 0.0510. The van der Waals surface area contributed by atoms with Gasteiger partial charge in [0.05, 0.1) is 25.2 Å². The van der Waals surface area contributed by atoms with Gasteiger partial charge in [0, 0.05) is 17.6 Å². The van der Waals surface area contributed by atoms with E-state index in [1.54, 1.807) is 19.1 Å². The maximum Gasteiger partial charge on any atom is 0.257 e. The van der Waals surface area contributed by atoms with Gasteiger partial charge in [0.1, 0.15) is 11.8 Å². The molecule has 0 saturated heterocycles. The number of rotatable bonds is 8. The van der Waals surface area contributed by atoms with Crippen molar-refractivity contribution in [1.29, 1.82) is 0 Å². The van der Waals surface area contributed by atoms with E-state index in [1.165, 1.54) is 31.0 Å². The molecule has 1 aromatic heterocycles. The molecule has 7 nitrogen and oxygen atoms in total. The summed E-state index contributed by atoms with van der Waals surface area (Å²) in [6.45, 7) is 3.77. The highest BCUT2D eigenvalue weighted by Crippen LogP contribution is 2.40. The number of hydrazine groups is 1. The summed E-state index contributed by atoms with van der Waals surface area (Å²) in [6.07, 6.45) is 1.16. The smallest absolute Gasteiger partial charge is 0.257 e. The van der Waals surface area contributed by atoms with E-state index in [-0.39, 0.29) is 27.5 Å². The second-order valence-corrected chi connectivity index (χ2v) is 11.5. The van der Waals surface area contributed by atoms with E-state index in [9.17, 15) is 8.42 Å². The Morgan fingerprint density at radius 1 is 1.29 bits per heavy atom. The van der Waals surface area contributed by atoms with Gasteiger partial charge in [-0.2, -0.15) is 0 Å². The van der Waals surface area contributed by atoms with Gasteiger partial charge in [-0.05, 0) is 48.6 Å². The van der Waals surface area contributed by atoms with E-state index in [4.69, 9.17) is 16.3 Å². The number of fused-ring (bicyclic) bond motifs is 1. The van der Waals surface area contributed by atoms with Gasteiger partial charge in [-0.15, -0.1) is 28.2 Å². The number of nitrogens with one attached hydrogen (secondary N) is 2. The number of hydrogen-bond donors (Lipinski definition) is 2. The van der Waals surface area contributed by atoms with Crippen LogP contribution in [0.5, 0.6) is 0 Å². The third-order valence-electron chi connectivity index (χ3n) is 4.23. The lowest BCUT2D eigenvalue weighted by atomic mass is 10.1. The summed E-state index contributed by atoms with van der Waals surface area (Å²) in [5.74, 6) is -0.436. The highest BCUT2D eigenvalue weighted by Gasteiger charge is 2.24. The molecule has 0 saturated carbocycles. The fourth-order valence-corrected chi connectivity index (χ4v) is 5.74. The summed E-state index contributed by atoms with van der Waals surface area (Å²) in [7, 11) is -2.38. The maximum absolute atomic E-state index is 15.1. The number of ether oxygens (including phenoxy) is 1. The van der Waals surface area contributed by atoms with Crippen LogP contribution in [0.2, 0.25) is 0 Å². The Morgan fingerprint density at radius 2 is 1.97 bits per heavy atom. The van der Waals surface area contributed by atoms with Crippen molar-refractivity contribution in [3.63, 3.8) is 0 Å². The Bertz CT molecular complexity index is 1210. The van der Waals surface area contributed by atoms with Crippen LogP contribution in [-0.2, 0) is 21.4 Å². The van der Waals surface area contributed by atoms with Crippen LogP contribution in [0.1, 0.15) is 18.1 Å². The summed E-state index contributed by atoms with van der Waals surface area (Å²) in [6, 6.07) is 6.37. The molecule has 0 bridgehead atoms. The van der Waals surface area contributed by atoms with Crippen LogP contribution in [0.25, 0.3) is 10.9 Å². The molecule has 166 valence electrons. The molecule has 0 aliphatic heterocycles. The molecule has 1 unspecified atom stereocenters. The summed E-state index contributed by atoms with van der Waals surface area (Å²) >= 11 is 9.33. The topological polar surface area (TPSA) is 93.2 Å². The van der Waals surface area contributed by atoms with Crippen LogP contribution in [0.3, 0.4) is 0 Å². The standard InChI is InChI=1S/C19H19ClFIN4O3S2/c1-10-4-6-12(7-5-10)31(27,28)26-25-19-14-13(8-29-3)18(30-11(2)20)16(22)15(21)17(14)23-9-24-19/h4-7,9,11,26H,8H2,1-3H3,(H,23,24,25). The monoisotopic (exact) mass is 596 g/mol. The Hall–Kier alpha value is -1.25. The molecule has 0 aliphatic rings. The molecular weight excluding hydrogens is 578 g/mol. The van der Waals surface area contributed by atoms with Gasteiger partial charge >= 0.3 is 0 Å². The number of sulfonamides is 1. The number of nitrogens with zero attached hydrogens (tertiary/aromatic N) is 2. The second kappa shape index (κ2) is 10.1. The van der Waals surface area contributed by atoms with E-state index in [2.05, 4.69) is 20.2 Å². The van der Waals surface area contributed by atoms with E-state index < -0.39 is 15.8 Å². The van der Waals surface area contributed by atoms with Crippen molar-refractivity contribution >= 4 is 72.7 Å². The fraction of sp³-hybridized carbons (Fsp3) is 0.263. The third kappa shape index (κ3) is 5.40. The van der Waals surface area contributed by atoms with E-state index >= 15 is 4.39 Å². The van der Waals surface area contributed by atoms with Gasteiger partial charge in [0.2, 0.25) is 0 Å². The van der Waals surface area contributed by atoms with Crippen LogP contribution >= 0.6 is 46.0 Å². The molecule has 0 fully saturated rings. The first kappa shape index (κ1) is 24.4. The lowest BCUT2D eigenvalue weighted by Gasteiger charge is -2.18. The van der Waals surface area contributed by atoms with Crippen molar-refractivity contribution < 1.29 is 17.5 Å². The SMILES string of the molecule is COCc1c(SC(C)Cl)c(I)c(F)c2ncnc(NNS(=O)(=O)c3ccc(C)cc3)c12. The predicted molar refractivity (Wildman–Crippen MR) is 129 cm³/mol. The Morgan fingerprint density at radius 3 is 2.58 bits per heavy atom. The van der Waals surface area contributed by atoms with Crippen molar-refractivity contribution in [2.75, 3.05) is 12.5 Å². The number of anilines is 1. The number of thioether (sulfide) groups is 1. The molecule has 1 atom stereocenters. The zero-order chi connectivity index (χ0) is 22.8. The quantitative estimate of drug-likeness (QED) is 0.167. The van der Waals surface area contributed by atoms with Crippen molar-refractivity contribution in [2.24, 2.45) is 0 Å². The largest absolute Gasteiger partial charge is 0.380 e. The molecule has 3 aromatic rings. The normalized spacial score (nSPS) is 12.8. The number of alkyl halides is 1. The second-order valence-electron chi connectivity index (χ2n) is 6.52. The van der Waals surface area contributed by atoms with Gasteiger partial charge < -0.3 is 4.74 Å². The lowest BCUT2D eigenvalue weighted by Crippen LogP contribution is -2.30. The molecule has 1 heterocycles. The van der Waals surface area contributed by atoms with Gasteiger partial charge in [-0.1, -0.05) is 17.7 Å². The average molecular weight is 597 g/mol. The van der Waals surface area contributed by atoms with Crippen molar-refractivity contribution in [3.05, 3.63) is 51.1 Å². The molecule has 0 aliphatic carbocycles. The van der Waals surface area contributed by atoms with Crippen molar-refractivity contribution in [3.8, 4) is 0 Å². The minimum Gasteiger partial charge on any atom is -0.380 e. The number of aryl methyl sites for hydroxylation is 1. The summed E-state index contributed by atoms with van der Waals surface area (Å²) in [5.41, 5.74) is 4.20. The zero-order valence-corrected chi connectivity index (χ0v) is 21.3. The van der Waals surface area contributed by atoms with Gasteiger partial charge in [0.25, 0.3) is 10.0 Å². The van der Waals surface area contributed by atoms with Crippen LogP contribution in [-0.4, -0.2) is 30.2 Å². The van der Waals surface area contributed by atoms with Crippen LogP contribution < -0.4 is 10.3 Å². The highest BCUT2D eigenvalue weighted by atomic mass is 127. The summed E-state index contributed by atoms with van der Waals surface area (Å²) in [4.78, 5) is 11.2. The zero-order valence-electron chi connectivity index (χ0n) is 16.7. The Kier molecular flexibility index (Phi) is 7.97. The van der Waals surface area contributed by atoms with E-state index in [0.717, 1.165) is 11.9 Å². The van der Waals surface area contributed by atoms with E-state index in [0.29, 0.717) is 19.4 Å². The van der Waals surface area contributed by atoms with Crippen molar-refractivity contribution in [2.45, 2.75) is 35.0 Å². The Balaban J connectivity index is 2.10. The summed E-state index contributed by atoms with van der Waals surface area (Å²) in [5, 5.41) is 0.314. The Labute approximate surface area is 202 Å². The van der Waals surface area contributed by atoms with Crippen LogP contribution in [0.15, 0.2) is 40.4 Å². The molecule has 0 spiro atoms. The third-order valence-corrected chi connectivity index (χ3v) is 8.15. The number of methoxy groups -OCH3 is 1. The first-order chi connectivity index (χ1) is 14.7. The molecule has 3 rings (SSSR count). The molecule has 0 radical (unpaired) electrons. The molecule has 12 heteroatoms. The first-order valence-electron chi connectivity index (χ1n) is 8.94. The van der Waals surface area contributed by atoms with Gasteiger partial charge in [-0.25, -0.2) is 22.8 Å². The number of aromatic nitrogens is 2. The number of hydrogen-bond acceptors (Lipinski definition) is 7. The molecular formula is C19H19ClFIN4O3S2. The van der Waals surface area contributed by atoms with Crippen LogP contribution in [0, 0.1) is 16.3 Å². The van der Waals surface area contributed by atoms with Gasteiger partial charge in [-0.3, -0.25) is 5.43 Å². The highest BCUT2D eigenvalue weighted by molar-refractivity contribution is 14.1. The number of benzene rings is 2. The molecule has 31 heavy (non-hydrogen) atoms. The lowest BCUT2D eigenvalue weighted by molar-refractivity contribution is 0.184. The van der Waals surface area contributed by atoms with E-state index in [1.807, 2.05) is 29.5 Å². The van der Waals surface area contributed by atoms with Crippen molar-refractivity contribution in [1.82, 2.24) is 14.8 Å². The molecule has 2 N–H and O–H groups in total. The maximum atomic E-state index is 15.1. The minimum atomic E-state index is -3.89. The van der Waals surface area contributed by atoms with Crippen LogP contribution in [0.4, 0.5) is 10.2 Å². The van der Waals surface area contributed by atoms with Gasteiger partial charge in [0.15, 0.2) is 11.6 Å². The summed E-state index contributed by atoms with van der Waals surface area (Å²) < 4.78 is 45.8. The molecule has 2 aromatic carbocycles. The number of halogens is 3. The predicted octanol–water partition coefficient (Wildman–Crippen LogP) is 4.81. The fourth-order valence-electron chi connectivity index (χ4n) is 2.84. The first-order valence-corrected chi connectivity index (χ1v) is 12.8. The average Bonchev–Trinajstić information content (AvgIpc) is 2.73.